The van der Waals surface area contributed by atoms with E-state index in [1.807, 2.05) is 25.1 Å². The Morgan fingerprint density at radius 3 is 2.81 bits per heavy atom. The summed E-state index contributed by atoms with van der Waals surface area (Å²) in [5.41, 5.74) is 2.50. The lowest BCUT2D eigenvalue weighted by molar-refractivity contribution is 0.229. The maximum absolute atomic E-state index is 5.32. The zero-order valence-corrected chi connectivity index (χ0v) is 13.0. The van der Waals surface area contributed by atoms with Gasteiger partial charge in [0.25, 0.3) is 5.89 Å². The molecule has 0 aliphatic heterocycles. The number of benzene rings is 1. The lowest BCUT2D eigenvalue weighted by atomic mass is 9.75. The Labute approximate surface area is 126 Å². The van der Waals surface area contributed by atoms with Crippen molar-refractivity contribution in [3.8, 4) is 11.5 Å². The van der Waals surface area contributed by atoms with Crippen molar-refractivity contribution in [3.63, 3.8) is 0 Å². The molecule has 1 aliphatic carbocycles. The molecule has 1 aromatic carbocycles. The van der Waals surface area contributed by atoms with E-state index < -0.39 is 0 Å². The average Bonchev–Trinajstić information content (AvgIpc) is 2.85. The lowest BCUT2D eigenvalue weighted by Crippen LogP contribution is -2.31. The number of nitrogens with one attached hydrogen (secondary N) is 1. The standard InChI is InChI=1S/C17H23N3O/c1-12-18-16(21-20-12)14-8-4-5-9-15(14)19-13-7-6-10-17(2,3)11-13/h4-5,8-9,13,19H,6-7,10-11H2,1-3H3. The second kappa shape index (κ2) is 5.51. The highest BCUT2D eigenvalue weighted by Gasteiger charge is 2.28. The van der Waals surface area contributed by atoms with Crippen molar-refractivity contribution in [1.82, 2.24) is 10.1 Å². The van der Waals surface area contributed by atoms with E-state index in [4.69, 9.17) is 4.52 Å². The molecule has 112 valence electrons. The van der Waals surface area contributed by atoms with Gasteiger partial charge >= 0.3 is 0 Å². The molecule has 3 rings (SSSR count). The highest BCUT2D eigenvalue weighted by Crippen LogP contribution is 2.37. The van der Waals surface area contributed by atoms with Crippen molar-refractivity contribution >= 4 is 5.69 Å². The minimum absolute atomic E-state index is 0.423. The van der Waals surface area contributed by atoms with E-state index in [2.05, 4.69) is 35.4 Å². The predicted octanol–water partition coefficient (Wildman–Crippen LogP) is 4.43. The number of hydrogen-bond acceptors (Lipinski definition) is 4. The van der Waals surface area contributed by atoms with E-state index in [-0.39, 0.29) is 0 Å². The summed E-state index contributed by atoms with van der Waals surface area (Å²) in [6.45, 7) is 6.55. The number of aryl methyl sites for hydroxylation is 1. The van der Waals surface area contributed by atoms with E-state index in [0.717, 1.165) is 11.3 Å². The van der Waals surface area contributed by atoms with E-state index in [1.165, 1.54) is 25.7 Å². The fraction of sp³-hybridized carbons (Fsp3) is 0.529. The molecule has 0 radical (unpaired) electrons. The monoisotopic (exact) mass is 285 g/mol. The van der Waals surface area contributed by atoms with Gasteiger partial charge in [-0.2, -0.15) is 4.98 Å². The largest absolute Gasteiger partial charge is 0.382 e. The van der Waals surface area contributed by atoms with Crippen LogP contribution in [0.15, 0.2) is 28.8 Å². The summed E-state index contributed by atoms with van der Waals surface area (Å²) in [5.74, 6) is 1.25. The lowest BCUT2D eigenvalue weighted by Gasteiger charge is -2.36. The van der Waals surface area contributed by atoms with Gasteiger partial charge in [0.15, 0.2) is 5.82 Å². The van der Waals surface area contributed by atoms with E-state index in [1.54, 1.807) is 0 Å². The summed E-state index contributed by atoms with van der Waals surface area (Å²) < 4.78 is 5.32. The van der Waals surface area contributed by atoms with Crippen LogP contribution in [0.3, 0.4) is 0 Å². The van der Waals surface area contributed by atoms with Crippen molar-refractivity contribution in [2.24, 2.45) is 5.41 Å². The third-order valence-electron chi connectivity index (χ3n) is 4.25. The van der Waals surface area contributed by atoms with Crippen LogP contribution < -0.4 is 5.32 Å². The molecule has 1 atom stereocenters. The van der Waals surface area contributed by atoms with Gasteiger partial charge in [0.05, 0.1) is 5.56 Å². The van der Waals surface area contributed by atoms with Crippen LogP contribution in [0.2, 0.25) is 0 Å². The van der Waals surface area contributed by atoms with Gasteiger partial charge in [0.1, 0.15) is 0 Å². The van der Waals surface area contributed by atoms with Crippen molar-refractivity contribution in [2.45, 2.75) is 52.5 Å². The Morgan fingerprint density at radius 1 is 1.29 bits per heavy atom. The fourth-order valence-corrected chi connectivity index (χ4v) is 3.24. The summed E-state index contributed by atoms with van der Waals surface area (Å²) in [7, 11) is 0. The van der Waals surface area contributed by atoms with E-state index in [9.17, 15) is 0 Å². The Morgan fingerprint density at radius 2 is 2.10 bits per heavy atom. The normalized spacial score (nSPS) is 21.2. The summed E-state index contributed by atoms with van der Waals surface area (Å²) in [6, 6.07) is 8.69. The smallest absolute Gasteiger partial charge is 0.260 e. The predicted molar refractivity (Wildman–Crippen MR) is 84.1 cm³/mol. The van der Waals surface area contributed by atoms with Gasteiger partial charge in [-0.1, -0.05) is 37.6 Å². The Bertz CT molecular complexity index is 618. The molecule has 0 saturated heterocycles. The third kappa shape index (κ3) is 3.26. The number of anilines is 1. The van der Waals surface area contributed by atoms with Gasteiger partial charge in [-0.05, 0) is 43.7 Å². The van der Waals surface area contributed by atoms with Gasteiger partial charge in [0, 0.05) is 11.7 Å². The molecule has 0 spiro atoms. The molecule has 1 unspecified atom stereocenters. The molecule has 2 aromatic rings. The minimum Gasteiger partial charge on any atom is -0.382 e. The van der Waals surface area contributed by atoms with Crippen LogP contribution in [0, 0.1) is 12.3 Å². The molecule has 0 bridgehead atoms. The highest BCUT2D eigenvalue weighted by atomic mass is 16.5. The van der Waals surface area contributed by atoms with Crippen molar-refractivity contribution in [1.29, 1.82) is 0 Å². The molecule has 21 heavy (non-hydrogen) atoms. The van der Waals surface area contributed by atoms with E-state index >= 15 is 0 Å². The Hall–Kier alpha value is -1.84. The van der Waals surface area contributed by atoms with Crippen molar-refractivity contribution in [2.75, 3.05) is 5.32 Å². The molecule has 4 heteroatoms. The average molecular weight is 285 g/mol. The third-order valence-corrected chi connectivity index (χ3v) is 4.25. The molecule has 1 saturated carbocycles. The quantitative estimate of drug-likeness (QED) is 0.906. The molecule has 1 N–H and O–H groups in total. The molecule has 1 aliphatic rings. The van der Waals surface area contributed by atoms with Crippen LogP contribution in [0.5, 0.6) is 0 Å². The molecular formula is C17H23N3O. The maximum atomic E-state index is 5.32. The SMILES string of the molecule is Cc1noc(-c2ccccc2NC2CCCC(C)(C)C2)n1. The summed E-state index contributed by atoms with van der Waals surface area (Å²) in [4.78, 5) is 4.35. The van der Waals surface area contributed by atoms with Crippen molar-refractivity contribution in [3.05, 3.63) is 30.1 Å². The second-order valence-electron chi connectivity index (χ2n) is 6.79. The topological polar surface area (TPSA) is 51.0 Å². The minimum atomic E-state index is 0.423. The van der Waals surface area contributed by atoms with Crippen molar-refractivity contribution < 1.29 is 4.52 Å². The molecular weight excluding hydrogens is 262 g/mol. The number of aromatic nitrogens is 2. The molecule has 1 fully saturated rings. The molecule has 1 aromatic heterocycles. The van der Waals surface area contributed by atoms with Crippen LogP contribution in [0.1, 0.15) is 45.4 Å². The number of nitrogens with zero attached hydrogens (tertiary/aromatic N) is 2. The molecule has 4 nitrogen and oxygen atoms in total. The van der Waals surface area contributed by atoms with Gasteiger partial charge in [-0.15, -0.1) is 0 Å². The second-order valence-corrected chi connectivity index (χ2v) is 6.79. The van der Waals surface area contributed by atoms with Gasteiger partial charge in [-0.25, -0.2) is 0 Å². The van der Waals surface area contributed by atoms with Crippen LogP contribution in [0.25, 0.3) is 11.5 Å². The van der Waals surface area contributed by atoms with Gasteiger partial charge in [0.2, 0.25) is 0 Å². The Kier molecular flexibility index (Phi) is 3.70. The first kappa shape index (κ1) is 14.1. The summed E-state index contributed by atoms with van der Waals surface area (Å²) in [6.07, 6.45) is 5.02. The molecule has 1 heterocycles. The van der Waals surface area contributed by atoms with Crippen LogP contribution in [-0.4, -0.2) is 16.2 Å². The Balaban J connectivity index is 1.83. The van der Waals surface area contributed by atoms with Crippen LogP contribution >= 0.6 is 0 Å². The van der Waals surface area contributed by atoms with Crippen LogP contribution in [-0.2, 0) is 0 Å². The zero-order valence-electron chi connectivity index (χ0n) is 13.0. The number of rotatable bonds is 3. The van der Waals surface area contributed by atoms with Gasteiger partial charge in [-0.3, -0.25) is 0 Å². The van der Waals surface area contributed by atoms with E-state index in [0.29, 0.717) is 23.2 Å². The number of hydrogen-bond donors (Lipinski definition) is 1. The first-order valence-corrected chi connectivity index (χ1v) is 7.70. The summed E-state index contributed by atoms with van der Waals surface area (Å²) in [5, 5.41) is 7.58. The fourth-order valence-electron chi connectivity index (χ4n) is 3.24. The van der Waals surface area contributed by atoms with Crippen LogP contribution in [0.4, 0.5) is 5.69 Å². The summed E-state index contributed by atoms with van der Waals surface area (Å²) >= 11 is 0. The van der Waals surface area contributed by atoms with Gasteiger partial charge < -0.3 is 9.84 Å². The number of para-hydroxylation sites is 1. The maximum Gasteiger partial charge on any atom is 0.260 e. The first-order valence-electron chi connectivity index (χ1n) is 7.70. The molecule has 0 amide bonds. The highest BCUT2D eigenvalue weighted by molar-refractivity contribution is 5.72. The zero-order chi connectivity index (χ0) is 14.9. The first-order chi connectivity index (χ1) is 10.0.